The molecule has 0 spiro atoms. The number of pyridine rings is 1. The van der Waals surface area contributed by atoms with Crippen molar-refractivity contribution in [3.8, 4) is 11.4 Å². The van der Waals surface area contributed by atoms with Gasteiger partial charge in [0.25, 0.3) is 11.5 Å². The van der Waals surface area contributed by atoms with Crippen LogP contribution in [-0.2, 0) is 0 Å². The smallest absolute Gasteiger partial charge is 0.272 e. The van der Waals surface area contributed by atoms with Crippen molar-refractivity contribution in [1.29, 1.82) is 0 Å². The van der Waals surface area contributed by atoms with Gasteiger partial charge in [0.1, 0.15) is 11.3 Å². The van der Waals surface area contributed by atoms with Crippen molar-refractivity contribution >= 4 is 34.1 Å². The molecule has 0 radical (unpaired) electrons. The molecule has 4 aromatic rings. The molecule has 5 nitrogen and oxygen atoms in total. The summed E-state index contributed by atoms with van der Waals surface area (Å²) in [5.41, 5.74) is 0.770. The van der Waals surface area contributed by atoms with Gasteiger partial charge in [-0.3, -0.25) is 14.2 Å². The van der Waals surface area contributed by atoms with Crippen LogP contribution >= 0.6 is 11.6 Å². The van der Waals surface area contributed by atoms with E-state index in [4.69, 9.17) is 11.6 Å². The molecule has 1 N–H and O–H groups in total. The lowest BCUT2D eigenvalue weighted by molar-refractivity contribution is 0.0989. The van der Waals surface area contributed by atoms with Crippen LogP contribution in [0.4, 0.5) is 5.69 Å². The zero-order valence-corrected chi connectivity index (χ0v) is 16.3. The molecule has 0 atom stereocenters. The average Bonchev–Trinajstić information content (AvgIpc) is 2.75. The zero-order valence-electron chi connectivity index (χ0n) is 15.5. The highest BCUT2D eigenvalue weighted by atomic mass is 35.5. The Labute approximate surface area is 172 Å². The van der Waals surface area contributed by atoms with Gasteiger partial charge in [-0.25, -0.2) is 0 Å². The molecule has 4 rings (SSSR count). The van der Waals surface area contributed by atoms with Crippen molar-refractivity contribution in [3.63, 3.8) is 0 Å². The molecular weight excluding hydrogens is 388 g/mol. The van der Waals surface area contributed by atoms with Gasteiger partial charge < -0.3 is 10.0 Å². The third kappa shape index (κ3) is 3.26. The Kier molecular flexibility index (Phi) is 4.82. The molecule has 0 saturated carbocycles. The molecule has 0 fully saturated rings. The van der Waals surface area contributed by atoms with Gasteiger partial charge in [-0.15, -0.1) is 0 Å². The summed E-state index contributed by atoms with van der Waals surface area (Å²) in [6.07, 6.45) is 0. The van der Waals surface area contributed by atoms with Gasteiger partial charge in [-0.1, -0.05) is 41.9 Å². The van der Waals surface area contributed by atoms with E-state index in [1.807, 2.05) is 6.07 Å². The van der Waals surface area contributed by atoms with Gasteiger partial charge >= 0.3 is 0 Å². The van der Waals surface area contributed by atoms with Crippen LogP contribution < -0.4 is 10.5 Å². The number of nitrogens with zero attached hydrogens (tertiary/aromatic N) is 2. The van der Waals surface area contributed by atoms with Crippen LogP contribution in [0.15, 0.2) is 83.7 Å². The van der Waals surface area contributed by atoms with E-state index >= 15 is 0 Å². The molecule has 0 saturated heterocycles. The zero-order chi connectivity index (χ0) is 20.5. The monoisotopic (exact) mass is 404 g/mol. The molecule has 0 aliphatic rings. The molecule has 0 unspecified atom stereocenters. The van der Waals surface area contributed by atoms with Crippen molar-refractivity contribution in [2.24, 2.45) is 0 Å². The molecule has 0 bridgehead atoms. The van der Waals surface area contributed by atoms with Crippen molar-refractivity contribution in [1.82, 2.24) is 4.57 Å². The molecular formula is C23H17ClN2O3. The predicted octanol–water partition coefficient (Wildman–Crippen LogP) is 4.63. The molecule has 3 aromatic carbocycles. The Morgan fingerprint density at radius 1 is 0.931 bits per heavy atom. The van der Waals surface area contributed by atoms with Crippen molar-refractivity contribution in [3.05, 3.63) is 99.8 Å². The van der Waals surface area contributed by atoms with Gasteiger partial charge in [-0.2, -0.15) is 0 Å². The van der Waals surface area contributed by atoms with E-state index in [2.05, 4.69) is 0 Å². The minimum atomic E-state index is -0.601. The Hall–Kier alpha value is -3.57. The van der Waals surface area contributed by atoms with Crippen molar-refractivity contribution in [2.45, 2.75) is 0 Å². The number of halogens is 1. The summed E-state index contributed by atoms with van der Waals surface area (Å²) in [6, 6.07) is 22.6. The minimum Gasteiger partial charge on any atom is -0.506 e. The fourth-order valence-electron chi connectivity index (χ4n) is 3.30. The maximum absolute atomic E-state index is 13.4. The van der Waals surface area contributed by atoms with Crippen LogP contribution in [0.5, 0.6) is 5.75 Å². The number of hydrogen-bond donors (Lipinski definition) is 1. The second-order valence-electron chi connectivity index (χ2n) is 6.56. The highest BCUT2D eigenvalue weighted by molar-refractivity contribution is 6.30. The third-order valence-electron chi connectivity index (χ3n) is 4.80. The second-order valence-corrected chi connectivity index (χ2v) is 6.99. The maximum Gasteiger partial charge on any atom is 0.272 e. The number of aromatic hydroxyl groups is 1. The lowest BCUT2D eigenvalue weighted by atomic mass is 10.1. The lowest BCUT2D eigenvalue weighted by Crippen LogP contribution is -2.34. The van der Waals surface area contributed by atoms with Crippen LogP contribution in [0.1, 0.15) is 10.4 Å². The van der Waals surface area contributed by atoms with E-state index in [0.29, 0.717) is 27.3 Å². The number of anilines is 1. The van der Waals surface area contributed by atoms with Gasteiger partial charge in [0.05, 0.1) is 5.52 Å². The Bertz CT molecular complexity index is 1270. The number of para-hydroxylation sites is 2. The number of carbonyl (C=O) groups is 1. The summed E-state index contributed by atoms with van der Waals surface area (Å²) in [5, 5.41) is 11.8. The SMILES string of the molecule is CN(C(=O)c1c(O)c2ccccc2n(-c2ccc(Cl)cc2)c1=O)c1ccccc1. The van der Waals surface area contributed by atoms with Gasteiger partial charge in [-0.05, 0) is 48.5 Å². The standard InChI is InChI=1S/C23H17ClN2O3/c1-25(16-7-3-2-4-8-16)22(28)20-21(27)18-9-5-6-10-19(18)26(23(20)29)17-13-11-15(24)12-14-17/h2-14,27H,1H3. The van der Waals surface area contributed by atoms with Crippen LogP contribution in [0.2, 0.25) is 5.02 Å². The fourth-order valence-corrected chi connectivity index (χ4v) is 3.43. The summed E-state index contributed by atoms with van der Waals surface area (Å²) in [6.45, 7) is 0. The Morgan fingerprint density at radius 2 is 1.55 bits per heavy atom. The second kappa shape index (κ2) is 7.45. The van der Waals surface area contributed by atoms with Gasteiger partial charge in [0.2, 0.25) is 0 Å². The Morgan fingerprint density at radius 3 is 2.24 bits per heavy atom. The lowest BCUT2D eigenvalue weighted by Gasteiger charge is -2.20. The molecule has 6 heteroatoms. The first-order valence-electron chi connectivity index (χ1n) is 8.95. The number of fused-ring (bicyclic) bond motifs is 1. The highest BCUT2D eigenvalue weighted by Gasteiger charge is 2.25. The van der Waals surface area contributed by atoms with Gasteiger partial charge in [0.15, 0.2) is 0 Å². The molecule has 0 aliphatic carbocycles. The number of benzene rings is 3. The van der Waals surface area contributed by atoms with Crippen molar-refractivity contribution in [2.75, 3.05) is 11.9 Å². The maximum atomic E-state index is 13.4. The summed E-state index contributed by atoms with van der Waals surface area (Å²) >= 11 is 5.99. The van der Waals surface area contributed by atoms with E-state index < -0.39 is 11.5 Å². The van der Waals surface area contributed by atoms with E-state index in [1.165, 1.54) is 9.47 Å². The van der Waals surface area contributed by atoms with E-state index in [0.717, 1.165) is 0 Å². The predicted molar refractivity (Wildman–Crippen MR) is 115 cm³/mol. The van der Waals surface area contributed by atoms with Crippen molar-refractivity contribution < 1.29 is 9.90 Å². The summed E-state index contributed by atoms with van der Waals surface area (Å²) in [7, 11) is 1.57. The number of hydrogen-bond acceptors (Lipinski definition) is 3. The van der Waals surface area contributed by atoms with Crippen LogP contribution in [-0.4, -0.2) is 22.6 Å². The molecule has 1 amide bonds. The number of carbonyl (C=O) groups excluding carboxylic acids is 1. The quantitative estimate of drug-likeness (QED) is 0.541. The summed E-state index contributed by atoms with van der Waals surface area (Å²) < 4.78 is 1.41. The topological polar surface area (TPSA) is 62.5 Å². The Balaban J connectivity index is 1.99. The molecule has 1 heterocycles. The fraction of sp³-hybridized carbons (Fsp3) is 0.0435. The highest BCUT2D eigenvalue weighted by Crippen LogP contribution is 2.29. The first-order valence-corrected chi connectivity index (χ1v) is 9.32. The van der Waals surface area contributed by atoms with Crippen LogP contribution in [0.25, 0.3) is 16.6 Å². The first-order chi connectivity index (χ1) is 14.0. The number of aromatic nitrogens is 1. The number of rotatable bonds is 3. The van der Waals surface area contributed by atoms with Gasteiger partial charge in [0, 0.05) is 28.8 Å². The largest absolute Gasteiger partial charge is 0.506 e. The normalized spacial score (nSPS) is 10.8. The molecule has 1 aromatic heterocycles. The third-order valence-corrected chi connectivity index (χ3v) is 5.05. The molecule has 0 aliphatic heterocycles. The van der Waals surface area contributed by atoms with Crippen LogP contribution in [0, 0.1) is 0 Å². The molecule has 29 heavy (non-hydrogen) atoms. The first kappa shape index (κ1) is 18.8. The summed E-state index contributed by atoms with van der Waals surface area (Å²) in [4.78, 5) is 27.9. The number of amides is 1. The minimum absolute atomic E-state index is 0.287. The molecule has 144 valence electrons. The van der Waals surface area contributed by atoms with Crippen LogP contribution in [0.3, 0.4) is 0 Å². The summed E-state index contributed by atoms with van der Waals surface area (Å²) in [5.74, 6) is -0.921. The van der Waals surface area contributed by atoms with E-state index in [-0.39, 0.29) is 11.3 Å². The average molecular weight is 405 g/mol. The van der Waals surface area contributed by atoms with E-state index in [9.17, 15) is 14.7 Å². The van der Waals surface area contributed by atoms with E-state index in [1.54, 1.807) is 79.8 Å².